The van der Waals surface area contributed by atoms with Gasteiger partial charge < -0.3 is 0 Å². The smallest absolute Gasteiger partial charge is 0.0816 e. The van der Waals surface area contributed by atoms with Crippen molar-refractivity contribution in [3.05, 3.63) is 29.4 Å². The normalized spacial score (nSPS) is 10.0. The zero-order valence-electron chi connectivity index (χ0n) is 6.42. The van der Waals surface area contributed by atoms with Crippen molar-refractivity contribution < 1.29 is 0 Å². The highest BCUT2D eigenvalue weighted by Gasteiger charge is 1.99. The molecule has 1 heterocycles. The summed E-state index contributed by atoms with van der Waals surface area (Å²) in [6, 6.07) is 1.76. The monoisotopic (exact) mass is 169 g/mol. The molecular weight excluding hydrogens is 160 g/mol. The minimum Gasteiger partial charge on any atom is -0.159 e. The Morgan fingerprint density at radius 2 is 2.45 bits per heavy atom. The summed E-state index contributed by atoms with van der Waals surface area (Å²) in [6.07, 6.45) is 5.56. The fourth-order valence-electron chi connectivity index (χ4n) is 0.796. The molecule has 59 valence electrons. The van der Waals surface area contributed by atoms with Gasteiger partial charge in [0.05, 0.1) is 16.9 Å². The van der Waals surface area contributed by atoms with E-state index in [0.717, 1.165) is 18.5 Å². The molecule has 0 aliphatic heterocycles. The summed E-state index contributed by atoms with van der Waals surface area (Å²) < 4.78 is 0. The Morgan fingerprint density at radius 3 is 3.09 bits per heavy atom. The Bertz CT molecular complexity index is 225. The topological polar surface area (TPSA) is 25.8 Å². The van der Waals surface area contributed by atoms with Gasteiger partial charge in [0.15, 0.2) is 0 Å². The predicted octanol–water partition coefficient (Wildman–Crippen LogP) is 2.29. The molecule has 0 amide bonds. The molecule has 0 atom stereocenters. The zero-order valence-corrected chi connectivity index (χ0v) is 7.17. The van der Waals surface area contributed by atoms with Crippen molar-refractivity contribution in [2.45, 2.75) is 19.8 Å². The molecule has 0 N–H and O–H groups in total. The Morgan fingerprint density at radius 1 is 1.64 bits per heavy atom. The van der Waals surface area contributed by atoms with Crippen molar-refractivity contribution in [1.29, 1.82) is 0 Å². The number of hydrogen-bond donors (Lipinski definition) is 0. The third-order valence-corrected chi connectivity index (χ3v) is 1.76. The van der Waals surface area contributed by atoms with Crippen LogP contribution in [-0.4, -0.2) is 10.2 Å². The lowest BCUT2D eigenvalue weighted by Crippen LogP contribution is -1.93. The molecule has 1 rings (SSSR count). The molecule has 0 saturated heterocycles. The standard InChI is InChI=1S/C8H10ClN2/c1-2-3-4-8-7(9)5-6-10-11-8/h2,5-6H,3-4H2,1H3. The van der Waals surface area contributed by atoms with E-state index < -0.39 is 0 Å². The van der Waals surface area contributed by atoms with Crippen LogP contribution in [0.5, 0.6) is 0 Å². The van der Waals surface area contributed by atoms with E-state index in [1.54, 1.807) is 12.3 Å². The van der Waals surface area contributed by atoms with Gasteiger partial charge in [-0.2, -0.15) is 10.2 Å². The lowest BCUT2D eigenvalue weighted by atomic mass is 10.2. The molecule has 1 aromatic rings. The van der Waals surface area contributed by atoms with Crippen LogP contribution in [-0.2, 0) is 6.42 Å². The Kier molecular flexibility index (Phi) is 3.30. The number of rotatable bonds is 3. The average molecular weight is 170 g/mol. The summed E-state index contributed by atoms with van der Waals surface area (Å²) in [6.45, 7) is 2.02. The minimum atomic E-state index is 0.710. The Labute approximate surface area is 71.6 Å². The summed E-state index contributed by atoms with van der Waals surface area (Å²) in [5, 5.41) is 8.37. The van der Waals surface area contributed by atoms with E-state index in [1.807, 2.05) is 6.92 Å². The Hall–Kier alpha value is -0.630. The molecule has 1 radical (unpaired) electrons. The van der Waals surface area contributed by atoms with Gasteiger partial charge in [0, 0.05) is 0 Å². The number of halogens is 1. The van der Waals surface area contributed by atoms with Crippen LogP contribution < -0.4 is 0 Å². The summed E-state index contributed by atoms with van der Waals surface area (Å²) in [5.41, 5.74) is 0.882. The first-order valence-electron chi connectivity index (χ1n) is 3.58. The van der Waals surface area contributed by atoms with Gasteiger partial charge >= 0.3 is 0 Å². The maximum absolute atomic E-state index is 5.84. The first kappa shape index (κ1) is 8.47. The zero-order chi connectivity index (χ0) is 8.10. The van der Waals surface area contributed by atoms with E-state index in [9.17, 15) is 0 Å². The van der Waals surface area contributed by atoms with Crippen LogP contribution in [0.2, 0.25) is 5.02 Å². The molecule has 0 spiro atoms. The lowest BCUT2D eigenvalue weighted by molar-refractivity contribution is 0.848. The fraction of sp³-hybridized carbons (Fsp3) is 0.375. The molecule has 2 nitrogen and oxygen atoms in total. The molecule has 0 aliphatic carbocycles. The quantitative estimate of drug-likeness (QED) is 0.694. The van der Waals surface area contributed by atoms with Crippen LogP contribution >= 0.6 is 11.6 Å². The van der Waals surface area contributed by atoms with Gasteiger partial charge in [0.25, 0.3) is 0 Å². The number of hydrogen-bond acceptors (Lipinski definition) is 2. The number of unbranched alkanes of at least 4 members (excludes halogenated alkanes) is 1. The molecule has 0 saturated carbocycles. The van der Waals surface area contributed by atoms with Crippen molar-refractivity contribution in [3.8, 4) is 0 Å². The molecular formula is C8H10ClN2. The number of aromatic nitrogens is 2. The van der Waals surface area contributed by atoms with Crippen molar-refractivity contribution in [2.75, 3.05) is 0 Å². The molecule has 0 fully saturated rings. The molecule has 11 heavy (non-hydrogen) atoms. The van der Waals surface area contributed by atoms with Gasteiger partial charge in [-0.05, 0) is 25.3 Å². The van der Waals surface area contributed by atoms with Crippen molar-refractivity contribution in [3.63, 3.8) is 0 Å². The molecule has 0 aliphatic rings. The van der Waals surface area contributed by atoms with Crippen LogP contribution in [0.3, 0.4) is 0 Å². The second-order valence-electron chi connectivity index (χ2n) is 2.27. The summed E-state index contributed by atoms with van der Waals surface area (Å²) in [5.74, 6) is 0. The molecule has 3 heteroatoms. The van der Waals surface area contributed by atoms with Crippen LogP contribution in [0, 0.1) is 6.42 Å². The van der Waals surface area contributed by atoms with Gasteiger partial charge in [-0.3, -0.25) is 0 Å². The van der Waals surface area contributed by atoms with Crippen molar-refractivity contribution in [1.82, 2.24) is 10.2 Å². The van der Waals surface area contributed by atoms with Crippen LogP contribution in [0.4, 0.5) is 0 Å². The predicted molar refractivity (Wildman–Crippen MR) is 45.3 cm³/mol. The molecule has 0 aromatic carbocycles. The average Bonchev–Trinajstić information content (AvgIpc) is 2.03. The highest BCUT2D eigenvalue weighted by Crippen LogP contribution is 2.12. The van der Waals surface area contributed by atoms with Gasteiger partial charge in [-0.25, -0.2) is 0 Å². The second-order valence-corrected chi connectivity index (χ2v) is 2.68. The highest BCUT2D eigenvalue weighted by atomic mass is 35.5. The third kappa shape index (κ3) is 2.46. The minimum absolute atomic E-state index is 0.710. The van der Waals surface area contributed by atoms with Crippen LogP contribution in [0.1, 0.15) is 19.0 Å². The molecule has 0 bridgehead atoms. The van der Waals surface area contributed by atoms with E-state index in [4.69, 9.17) is 11.6 Å². The summed E-state index contributed by atoms with van der Waals surface area (Å²) in [7, 11) is 0. The third-order valence-electron chi connectivity index (χ3n) is 1.41. The first-order chi connectivity index (χ1) is 5.34. The maximum Gasteiger partial charge on any atom is 0.0816 e. The highest BCUT2D eigenvalue weighted by molar-refractivity contribution is 6.31. The lowest BCUT2D eigenvalue weighted by Gasteiger charge is -1.98. The molecule has 1 aromatic heterocycles. The first-order valence-corrected chi connectivity index (χ1v) is 3.96. The van der Waals surface area contributed by atoms with Gasteiger partial charge in [0.1, 0.15) is 0 Å². The van der Waals surface area contributed by atoms with E-state index in [1.165, 1.54) is 0 Å². The van der Waals surface area contributed by atoms with Crippen molar-refractivity contribution >= 4 is 11.6 Å². The summed E-state index contributed by atoms with van der Waals surface area (Å²) >= 11 is 5.84. The number of nitrogens with zero attached hydrogens (tertiary/aromatic N) is 2. The largest absolute Gasteiger partial charge is 0.159 e. The van der Waals surface area contributed by atoms with E-state index in [-0.39, 0.29) is 0 Å². The maximum atomic E-state index is 5.84. The van der Waals surface area contributed by atoms with Gasteiger partial charge in [0.2, 0.25) is 0 Å². The van der Waals surface area contributed by atoms with Crippen molar-refractivity contribution in [2.24, 2.45) is 0 Å². The van der Waals surface area contributed by atoms with Crippen LogP contribution in [0.25, 0.3) is 0 Å². The molecule has 0 unspecified atom stereocenters. The summed E-state index contributed by atoms with van der Waals surface area (Å²) in [4.78, 5) is 0. The fourth-order valence-corrected chi connectivity index (χ4v) is 0.985. The SMILES string of the molecule is C[CH]CCc1nnccc1Cl. The van der Waals surface area contributed by atoms with Gasteiger partial charge in [-0.1, -0.05) is 18.5 Å². The van der Waals surface area contributed by atoms with E-state index >= 15 is 0 Å². The van der Waals surface area contributed by atoms with E-state index in [2.05, 4.69) is 16.6 Å². The number of aryl methyl sites for hydroxylation is 1. The Balaban J connectivity index is 2.62. The second kappa shape index (κ2) is 4.29. The van der Waals surface area contributed by atoms with Gasteiger partial charge in [-0.15, -0.1) is 0 Å². The van der Waals surface area contributed by atoms with E-state index in [0.29, 0.717) is 5.02 Å². The van der Waals surface area contributed by atoms with Crippen LogP contribution in [0.15, 0.2) is 12.3 Å².